The van der Waals surface area contributed by atoms with Crippen LogP contribution in [0.1, 0.15) is 42.2 Å². The maximum absolute atomic E-state index is 14.5. The molecule has 42 heavy (non-hydrogen) atoms. The normalized spacial score (nSPS) is 18.4. The fraction of sp³-hybridized carbons (Fsp3) is 0.393. The average Bonchev–Trinajstić information content (AvgIpc) is 3.30. The highest BCUT2D eigenvalue weighted by Gasteiger charge is 2.26. The minimum Gasteiger partial charge on any atom is -0.472 e. The molecule has 4 aromatic rings. The van der Waals surface area contributed by atoms with E-state index in [1.54, 1.807) is 24.4 Å². The molecule has 2 aliphatic heterocycles. The zero-order chi connectivity index (χ0) is 29.2. The highest BCUT2D eigenvalue weighted by Crippen LogP contribution is 2.25. The summed E-state index contributed by atoms with van der Waals surface area (Å²) in [6.45, 7) is 3.41. The van der Waals surface area contributed by atoms with Gasteiger partial charge in [-0.2, -0.15) is 9.37 Å². The molecule has 11 nitrogen and oxygen atoms in total. The largest absolute Gasteiger partial charge is 0.472 e. The number of piperidine rings is 1. The van der Waals surface area contributed by atoms with Crippen molar-refractivity contribution in [2.75, 3.05) is 19.7 Å². The van der Waals surface area contributed by atoms with Crippen molar-refractivity contribution < 1.29 is 23.5 Å². The fourth-order valence-electron chi connectivity index (χ4n) is 5.15. The highest BCUT2D eigenvalue weighted by molar-refractivity contribution is 6.30. The number of fused-ring (bicyclic) bond motifs is 1. The number of rotatable bonds is 9. The van der Waals surface area contributed by atoms with Gasteiger partial charge in [0.1, 0.15) is 29.3 Å². The van der Waals surface area contributed by atoms with Crippen molar-refractivity contribution in [1.82, 2.24) is 29.4 Å². The molecule has 2 fully saturated rings. The quantitative estimate of drug-likeness (QED) is 0.128. The fourth-order valence-corrected chi connectivity index (χ4v) is 5.31. The summed E-state index contributed by atoms with van der Waals surface area (Å²) < 4.78 is 42.5. The minimum absolute atomic E-state index is 0.0817. The minimum atomic E-state index is -0.662. The Morgan fingerprint density at radius 2 is 1.93 bits per heavy atom. The molecule has 1 atom stereocenters. The van der Waals surface area contributed by atoms with Gasteiger partial charge < -0.3 is 25.0 Å². The zero-order valence-corrected chi connectivity index (χ0v) is 23.3. The van der Waals surface area contributed by atoms with E-state index < -0.39 is 11.6 Å². The molecule has 3 N–H and O–H groups in total. The number of oxime groups is 1. The van der Waals surface area contributed by atoms with Crippen LogP contribution in [0.2, 0.25) is 5.02 Å². The van der Waals surface area contributed by atoms with E-state index in [1.807, 2.05) is 0 Å². The molecule has 3 aromatic heterocycles. The summed E-state index contributed by atoms with van der Waals surface area (Å²) in [5, 5.41) is 12.4. The molecule has 0 amide bonds. The van der Waals surface area contributed by atoms with Gasteiger partial charge in [0.05, 0.1) is 42.6 Å². The van der Waals surface area contributed by atoms with Crippen LogP contribution in [0.5, 0.6) is 5.88 Å². The third-order valence-electron chi connectivity index (χ3n) is 7.57. The van der Waals surface area contributed by atoms with Crippen LogP contribution in [-0.2, 0) is 24.2 Å². The van der Waals surface area contributed by atoms with E-state index in [0.29, 0.717) is 60.8 Å². The Morgan fingerprint density at radius 1 is 1.12 bits per heavy atom. The van der Waals surface area contributed by atoms with Crippen LogP contribution in [0.25, 0.3) is 11.0 Å². The number of halogens is 3. The second kappa shape index (κ2) is 12.1. The maximum atomic E-state index is 14.5. The van der Waals surface area contributed by atoms with E-state index in [2.05, 4.69) is 29.6 Å². The molecule has 0 bridgehead atoms. The van der Waals surface area contributed by atoms with Gasteiger partial charge in [0.2, 0.25) is 5.82 Å². The van der Waals surface area contributed by atoms with Gasteiger partial charge in [0.15, 0.2) is 5.84 Å². The molecule has 0 aliphatic carbocycles. The monoisotopic (exact) mass is 598 g/mol. The van der Waals surface area contributed by atoms with Crippen LogP contribution in [0.15, 0.2) is 41.8 Å². The second-order valence-electron chi connectivity index (χ2n) is 10.4. The van der Waals surface area contributed by atoms with Crippen molar-refractivity contribution in [3.8, 4) is 5.88 Å². The molecule has 1 aromatic carbocycles. The summed E-state index contributed by atoms with van der Waals surface area (Å²) in [6, 6.07) is 6.07. The molecule has 14 heteroatoms. The summed E-state index contributed by atoms with van der Waals surface area (Å²) in [5.41, 5.74) is 7.99. The molecule has 6 rings (SSSR count). The number of aromatic nitrogens is 5. The molecule has 2 aliphatic rings. The smallest absolute Gasteiger partial charge is 0.254 e. The topological polar surface area (TPSA) is 137 Å². The number of amidine groups is 1. The third kappa shape index (κ3) is 6.13. The van der Waals surface area contributed by atoms with Gasteiger partial charge >= 0.3 is 0 Å². The number of ether oxygens (including phenoxy) is 2. The summed E-state index contributed by atoms with van der Waals surface area (Å²) in [5.74, 6) is -0.238. The molecule has 0 spiro atoms. The molecule has 5 heterocycles. The zero-order valence-electron chi connectivity index (χ0n) is 22.6. The summed E-state index contributed by atoms with van der Waals surface area (Å²) in [4.78, 5) is 19.7. The lowest BCUT2D eigenvalue weighted by molar-refractivity contribution is -0.0592. The van der Waals surface area contributed by atoms with Crippen molar-refractivity contribution in [3.05, 3.63) is 76.2 Å². The van der Waals surface area contributed by atoms with E-state index in [0.717, 1.165) is 30.6 Å². The van der Waals surface area contributed by atoms with Gasteiger partial charge in [-0.3, -0.25) is 9.88 Å². The number of likely N-dealkylation sites (tertiary alicyclic amines) is 1. The van der Waals surface area contributed by atoms with Gasteiger partial charge in [0, 0.05) is 31.1 Å². The van der Waals surface area contributed by atoms with Gasteiger partial charge in [-0.15, -0.1) is 0 Å². The van der Waals surface area contributed by atoms with Crippen LogP contribution < -0.4 is 10.5 Å². The Labute approximate surface area is 244 Å². The highest BCUT2D eigenvalue weighted by atomic mass is 35.5. The van der Waals surface area contributed by atoms with Crippen molar-refractivity contribution in [3.63, 3.8) is 0 Å². The van der Waals surface area contributed by atoms with Crippen molar-refractivity contribution >= 4 is 28.5 Å². The van der Waals surface area contributed by atoms with E-state index in [-0.39, 0.29) is 36.2 Å². The Balaban J connectivity index is 1.11. The third-order valence-corrected chi connectivity index (χ3v) is 7.80. The van der Waals surface area contributed by atoms with Crippen LogP contribution in [0, 0.1) is 11.6 Å². The van der Waals surface area contributed by atoms with Crippen molar-refractivity contribution in [1.29, 1.82) is 0 Å². The first-order valence-electron chi connectivity index (χ1n) is 13.6. The van der Waals surface area contributed by atoms with Gasteiger partial charge in [-0.05, 0) is 43.0 Å². The van der Waals surface area contributed by atoms with Crippen LogP contribution in [-0.4, -0.2) is 72.4 Å². The van der Waals surface area contributed by atoms with Gasteiger partial charge in [0.25, 0.3) is 5.88 Å². The van der Waals surface area contributed by atoms with E-state index in [1.165, 1.54) is 6.07 Å². The number of hydrogen-bond acceptors (Lipinski definition) is 9. The van der Waals surface area contributed by atoms with Crippen LogP contribution >= 0.6 is 11.6 Å². The van der Waals surface area contributed by atoms with E-state index >= 15 is 0 Å². The lowest BCUT2D eigenvalue weighted by Crippen LogP contribution is -2.39. The SMILES string of the molecule is NC(=NO)c1cc2nc(CN3CCC(Oc4nc(Cc5ccc(Cl)cc5F)ncc4F)CC3)n(CC3CCO3)c2cn1. The first kappa shape index (κ1) is 28.2. The number of benzene rings is 1. The summed E-state index contributed by atoms with van der Waals surface area (Å²) >= 11 is 5.83. The van der Waals surface area contributed by atoms with Gasteiger partial charge in [-0.1, -0.05) is 22.8 Å². The second-order valence-corrected chi connectivity index (χ2v) is 10.8. The average molecular weight is 599 g/mol. The van der Waals surface area contributed by atoms with Crippen molar-refractivity contribution in [2.45, 2.75) is 51.0 Å². The summed E-state index contributed by atoms with van der Waals surface area (Å²) in [6.07, 6.45) is 5.00. The standard InChI is InChI=1S/C28H29ClF2N8O3/c29-17-2-1-16(20(30)10-17)9-25-34-12-21(31)28(36-25)42-18-3-6-38(7-4-18)15-26-35-22-11-23(27(32)37-40)33-13-24(22)39(26)14-19-5-8-41-19/h1-2,10-13,18-19,40H,3-9,14-15H2,(H2,32,37). The molecule has 0 saturated carbocycles. The maximum Gasteiger partial charge on any atom is 0.254 e. The number of pyridine rings is 1. The Hall–Kier alpha value is -3.94. The Bertz CT molecular complexity index is 1620. The number of nitrogens with two attached hydrogens (primary N) is 1. The van der Waals surface area contributed by atoms with E-state index in [9.17, 15) is 8.78 Å². The molecule has 0 radical (unpaired) electrons. The number of nitrogens with zero attached hydrogens (tertiary/aromatic N) is 7. The lowest BCUT2D eigenvalue weighted by Gasteiger charge is -2.32. The predicted octanol–water partition coefficient (Wildman–Crippen LogP) is 3.67. The first-order chi connectivity index (χ1) is 20.4. The molecule has 2 saturated heterocycles. The van der Waals surface area contributed by atoms with Crippen LogP contribution in [0.3, 0.4) is 0 Å². The lowest BCUT2D eigenvalue weighted by atomic mass is 10.1. The van der Waals surface area contributed by atoms with E-state index in [4.69, 9.17) is 37.0 Å². The Morgan fingerprint density at radius 3 is 2.64 bits per heavy atom. The molecule has 1 unspecified atom stereocenters. The first-order valence-corrected chi connectivity index (χ1v) is 14.0. The molecular formula is C28H29ClF2N8O3. The predicted molar refractivity (Wildman–Crippen MR) is 150 cm³/mol. The summed E-state index contributed by atoms with van der Waals surface area (Å²) in [7, 11) is 0. The Kier molecular flexibility index (Phi) is 8.13. The molecule has 220 valence electrons. The number of imidazole rings is 1. The van der Waals surface area contributed by atoms with Crippen LogP contribution in [0.4, 0.5) is 8.78 Å². The molecular weight excluding hydrogens is 570 g/mol. The van der Waals surface area contributed by atoms with Crippen molar-refractivity contribution in [2.24, 2.45) is 10.9 Å². The number of hydrogen-bond donors (Lipinski definition) is 2. The van der Waals surface area contributed by atoms with Gasteiger partial charge in [-0.25, -0.2) is 14.4 Å².